The minimum atomic E-state index is -0.0877. The summed E-state index contributed by atoms with van der Waals surface area (Å²) in [7, 11) is 0. The van der Waals surface area contributed by atoms with E-state index in [9.17, 15) is 4.79 Å². The number of amides is 2. The summed E-state index contributed by atoms with van der Waals surface area (Å²) in [5.74, 6) is 0.650. The van der Waals surface area contributed by atoms with Crippen LogP contribution in [0.4, 0.5) is 4.79 Å². The molecule has 0 spiro atoms. The molecule has 4 nitrogen and oxygen atoms in total. The van der Waals surface area contributed by atoms with E-state index < -0.39 is 0 Å². The van der Waals surface area contributed by atoms with Crippen molar-refractivity contribution >= 4 is 16.9 Å². The molecule has 0 bridgehead atoms. The SMILES string of the molecule is C[C@@H](NC(=O)NCc1ccnc2ccccc12)C1CCC1. The van der Waals surface area contributed by atoms with Crippen molar-refractivity contribution in [2.45, 2.75) is 38.8 Å². The van der Waals surface area contributed by atoms with E-state index in [1.807, 2.05) is 30.3 Å². The number of urea groups is 1. The molecule has 1 heterocycles. The molecule has 0 radical (unpaired) electrons. The Morgan fingerprint density at radius 2 is 2.14 bits per heavy atom. The number of para-hydroxylation sites is 1. The molecule has 1 fully saturated rings. The predicted octanol–water partition coefficient (Wildman–Crippen LogP) is 3.22. The third-order valence-corrected chi connectivity index (χ3v) is 4.39. The molecular formula is C17H21N3O. The monoisotopic (exact) mass is 283 g/mol. The second-order valence-electron chi connectivity index (χ2n) is 5.79. The van der Waals surface area contributed by atoms with E-state index in [2.05, 4.69) is 22.5 Å². The van der Waals surface area contributed by atoms with E-state index in [1.165, 1.54) is 19.3 Å². The van der Waals surface area contributed by atoms with E-state index >= 15 is 0 Å². The predicted molar refractivity (Wildman–Crippen MR) is 83.9 cm³/mol. The topological polar surface area (TPSA) is 54.0 Å². The first kappa shape index (κ1) is 13.9. The van der Waals surface area contributed by atoms with Crippen molar-refractivity contribution in [1.82, 2.24) is 15.6 Å². The number of aromatic nitrogens is 1. The fourth-order valence-corrected chi connectivity index (χ4v) is 2.80. The fraction of sp³-hybridized carbons (Fsp3) is 0.412. The Morgan fingerprint density at radius 1 is 1.33 bits per heavy atom. The normalized spacial score (nSPS) is 16.2. The molecule has 1 aromatic heterocycles. The second-order valence-corrected chi connectivity index (χ2v) is 5.79. The van der Waals surface area contributed by atoms with Crippen LogP contribution in [-0.2, 0) is 6.54 Å². The zero-order valence-corrected chi connectivity index (χ0v) is 12.3. The van der Waals surface area contributed by atoms with Gasteiger partial charge >= 0.3 is 6.03 Å². The van der Waals surface area contributed by atoms with Gasteiger partial charge in [-0.25, -0.2) is 4.79 Å². The molecule has 2 N–H and O–H groups in total. The lowest BCUT2D eigenvalue weighted by molar-refractivity contribution is 0.213. The lowest BCUT2D eigenvalue weighted by Crippen LogP contribution is -2.45. The van der Waals surface area contributed by atoms with Gasteiger partial charge in [0, 0.05) is 24.2 Å². The summed E-state index contributed by atoms with van der Waals surface area (Å²) in [4.78, 5) is 16.3. The maximum Gasteiger partial charge on any atom is 0.315 e. The minimum Gasteiger partial charge on any atom is -0.335 e. The molecule has 1 aliphatic carbocycles. The first-order valence-electron chi connectivity index (χ1n) is 7.61. The molecule has 2 amide bonds. The average molecular weight is 283 g/mol. The van der Waals surface area contributed by atoms with Gasteiger partial charge in [0.1, 0.15) is 0 Å². The number of nitrogens with one attached hydrogen (secondary N) is 2. The van der Waals surface area contributed by atoms with Crippen LogP contribution in [0.1, 0.15) is 31.7 Å². The largest absolute Gasteiger partial charge is 0.335 e. The summed E-state index contributed by atoms with van der Waals surface area (Å²) in [6, 6.07) is 10.1. The van der Waals surface area contributed by atoms with Crippen molar-refractivity contribution in [3.05, 3.63) is 42.1 Å². The number of nitrogens with zero attached hydrogens (tertiary/aromatic N) is 1. The minimum absolute atomic E-state index is 0.0877. The molecule has 3 rings (SSSR count). The number of pyridine rings is 1. The molecule has 0 saturated heterocycles. The van der Waals surface area contributed by atoms with E-state index in [-0.39, 0.29) is 12.1 Å². The number of fused-ring (bicyclic) bond motifs is 1. The number of carbonyl (C=O) groups excluding carboxylic acids is 1. The fourth-order valence-electron chi connectivity index (χ4n) is 2.80. The van der Waals surface area contributed by atoms with Crippen LogP contribution in [0.5, 0.6) is 0 Å². The van der Waals surface area contributed by atoms with Gasteiger partial charge in [-0.15, -0.1) is 0 Å². The van der Waals surface area contributed by atoms with Crippen molar-refractivity contribution in [1.29, 1.82) is 0 Å². The summed E-state index contributed by atoms with van der Waals surface area (Å²) < 4.78 is 0. The van der Waals surface area contributed by atoms with Gasteiger partial charge in [-0.1, -0.05) is 24.6 Å². The zero-order valence-electron chi connectivity index (χ0n) is 12.3. The third-order valence-electron chi connectivity index (χ3n) is 4.39. The lowest BCUT2D eigenvalue weighted by Gasteiger charge is -2.31. The van der Waals surface area contributed by atoms with Gasteiger partial charge in [-0.3, -0.25) is 4.98 Å². The standard InChI is InChI=1S/C17H21N3O/c1-12(13-5-4-6-13)20-17(21)19-11-14-9-10-18-16-8-3-2-7-15(14)16/h2-3,7-10,12-13H,4-6,11H2,1H3,(H2,19,20,21)/t12-/m1/s1. The number of carbonyl (C=O) groups is 1. The highest BCUT2D eigenvalue weighted by atomic mass is 16.2. The van der Waals surface area contributed by atoms with Gasteiger partial charge in [0.2, 0.25) is 0 Å². The van der Waals surface area contributed by atoms with Gasteiger partial charge in [0.05, 0.1) is 5.52 Å². The van der Waals surface area contributed by atoms with Crippen LogP contribution in [0.2, 0.25) is 0 Å². The van der Waals surface area contributed by atoms with Gasteiger partial charge in [-0.05, 0) is 43.4 Å². The molecule has 21 heavy (non-hydrogen) atoms. The maximum atomic E-state index is 12.0. The Labute approximate surface area is 125 Å². The molecule has 1 aromatic carbocycles. The Balaban J connectivity index is 1.59. The molecule has 1 atom stereocenters. The summed E-state index contributed by atoms with van der Waals surface area (Å²) in [6.07, 6.45) is 5.54. The van der Waals surface area contributed by atoms with Crippen LogP contribution >= 0.6 is 0 Å². The molecule has 1 saturated carbocycles. The molecular weight excluding hydrogens is 262 g/mol. The van der Waals surface area contributed by atoms with E-state index in [4.69, 9.17) is 0 Å². The van der Waals surface area contributed by atoms with Crippen molar-refractivity contribution in [3.8, 4) is 0 Å². The highest BCUT2D eigenvalue weighted by Gasteiger charge is 2.24. The highest BCUT2D eigenvalue weighted by Crippen LogP contribution is 2.29. The van der Waals surface area contributed by atoms with E-state index in [1.54, 1.807) is 6.20 Å². The Hall–Kier alpha value is -2.10. The lowest BCUT2D eigenvalue weighted by atomic mass is 9.80. The van der Waals surface area contributed by atoms with E-state index in [0.717, 1.165) is 16.5 Å². The van der Waals surface area contributed by atoms with Gasteiger partial charge in [-0.2, -0.15) is 0 Å². The van der Waals surface area contributed by atoms with Crippen molar-refractivity contribution < 1.29 is 4.79 Å². The summed E-state index contributed by atoms with van der Waals surface area (Å²) in [5.41, 5.74) is 2.05. The van der Waals surface area contributed by atoms with Gasteiger partial charge in [0.25, 0.3) is 0 Å². The van der Waals surface area contributed by atoms with Crippen molar-refractivity contribution in [3.63, 3.8) is 0 Å². The van der Waals surface area contributed by atoms with Gasteiger partial charge in [0.15, 0.2) is 0 Å². The van der Waals surface area contributed by atoms with Crippen LogP contribution in [0.15, 0.2) is 36.5 Å². The Kier molecular flexibility index (Phi) is 4.04. The summed E-state index contributed by atoms with van der Waals surface area (Å²) >= 11 is 0. The molecule has 0 unspecified atom stereocenters. The Morgan fingerprint density at radius 3 is 2.90 bits per heavy atom. The molecule has 110 valence electrons. The number of hydrogen-bond donors (Lipinski definition) is 2. The maximum absolute atomic E-state index is 12.0. The quantitative estimate of drug-likeness (QED) is 0.905. The third kappa shape index (κ3) is 3.15. The number of hydrogen-bond acceptors (Lipinski definition) is 2. The average Bonchev–Trinajstić information content (AvgIpc) is 2.43. The number of rotatable bonds is 4. The van der Waals surface area contributed by atoms with Crippen LogP contribution < -0.4 is 10.6 Å². The molecule has 4 heteroatoms. The summed E-state index contributed by atoms with van der Waals surface area (Å²) in [5, 5.41) is 7.07. The first-order valence-corrected chi connectivity index (χ1v) is 7.61. The van der Waals surface area contributed by atoms with Crippen LogP contribution in [0.25, 0.3) is 10.9 Å². The smallest absolute Gasteiger partial charge is 0.315 e. The zero-order chi connectivity index (χ0) is 14.7. The molecule has 2 aromatic rings. The second kappa shape index (κ2) is 6.12. The van der Waals surface area contributed by atoms with Crippen LogP contribution in [-0.4, -0.2) is 17.1 Å². The van der Waals surface area contributed by atoms with Crippen LogP contribution in [0.3, 0.4) is 0 Å². The molecule has 0 aliphatic heterocycles. The molecule has 1 aliphatic rings. The van der Waals surface area contributed by atoms with Crippen molar-refractivity contribution in [2.75, 3.05) is 0 Å². The Bertz CT molecular complexity index is 631. The van der Waals surface area contributed by atoms with Crippen LogP contribution in [0, 0.1) is 5.92 Å². The highest BCUT2D eigenvalue weighted by molar-refractivity contribution is 5.82. The van der Waals surface area contributed by atoms with Gasteiger partial charge < -0.3 is 10.6 Å². The van der Waals surface area contributed by atoms with Crippen molar-refractivity contribution in [2.24, 2.45) is 5.92 Å². The number of benzene rings is 1. The summed E-state index contributed by atoms with van der Waals surface area (Å²) in [6.45, 7) is 2.61. The van der Waals surface area contributed by atoms with E-state index in [0.29, 0.717) is 12.5 Å². The first-order chi connectivity index (χ1) is 10.2.